The maximum Gasteiger partial charge on any atom is 0.573 e. The highest BCUT2D eigenvalue weighted by molar-refractivity contribution is 5.91. The first kappa shape index (κ1) is 23.9. The number of ether oxygens (including phenoxy) is 2. The highest BCUT2D eigenvalue weighted by atomic mass is 19.4. The van der Waals surface area contributed by atoms with E-state index in [-0.39, 0.29) is 5.92 Å². The van der Waals surface area contributed by atoms with Gasteiger partial charge in [-0.3, -0.25) is 0 Å². The molecule has 1 fully saturated rings. The van der Waals surface area contributed by atoms with Crippen LogP contribution in [-0.4, -0.2) is 12.3 Å². The second-order valence-electron chi connectivity index (χ2n) is 7.90. The van der Waals surface area contributed by atoms with Gasteiger partial charge in [-0.05, 0) is 55.2 Å². The molecule has 2 aromatic carbocycles. The highest BCUT2D eigenvalue weighted by Gasteiger charge is 2.34. The maximum absolute atomic E-state index is 14.6. The van der Waals surface area contributed by atoms with Gasteiger partial charge in [0.1, 0.15) is 11.6 Å². The standard InChI is InChI=1S/C23H22F6O3/c1-2-3-13-4-6-14(7-5-13)15-8-9-17(18(24)10-15)22(30)31-16-11-19(25)21(20(26)12-16)32-23(27,28)29/h8-14H,2-7H2,1H3. The van der Waals surface area contributed by atoms with Crippen molar-refractivity contribution in [2.24, 2.45) is 5.92 Å². The van der Waals surface area contributed by atoms with Gasteiger partial charge < -0.3 is 9.47 Å². The van der Waals surface area contributed by atoms with Crippen LogP contribution in [0.15, 0.2) is 30.3 Å². The molecule has 1 saturated carbocycles. The van der Waals surface area contributed by atoms with Gasteiger partial charge in [0.05, 0.1) is 5.56 Å². The number of hydrogen-bond acceptors (Lipinski definition) is 3. The molecule has 32 heavy (non-hydrogen) atoms. The Balaban J connectivity index is 1.69. The lowest BCUT2D eigenvalue weighted by atomic mass is 9.77. The van der Waals surface area contributed by atoms with Crippen LogP contribution in [0.2, 0.25) is 0 Å². The van der Waals surface area contributed by atoms with E-state index < -0.39 is 46.8 Å². The predicted octanol–water partition coefficient (Wildman–Crippen LogP) is 7.30. The summed E-state index contributed by atoms with van der Waals surface area (Å²) in [7, 11) is 0. The van der Waals surface area contributed by atoms with E-state index in [0.29, 0.717) is 18.1 Å². The molecule has 3 rings (SSSR count). The van der Waals surface area contributed by atoms with E-state index >= 15 is 0 Å². The predicted molar refractivity (Wildman–Crippen MR) is 104 cm³/mol. The van der Waals surface area contributed by atoms with Gasteiger partial charge in [-0.1, -0.05) is 25.8 Å². The monoisotopic (exact) mass is 460 g/mol. The van der Waals surface area contributed by atoms with Gasteiger partial charge in [0.15, 0.2) is 11.6 Å². The number of carbonyl (C=O) groups is 1. The molecule has 1 aliphatic carbocycles. The first-order chi connectivity index (χ1) is 15.1. The van der Waals surface area contributed by atoms with E-state index in [0.717, 1.165) is 37.7 Å². The molecular weight excluding hydrogens is 438 g/mol. The Morgan fingerprint density at radius 3 is 2.12 bits per heavy atom. The lowest BCUT2D eigenvalue weighted by Gasteiger charge is -2.28. The van der Waals surface area contributed by atoms with E-state index in [1.165, 1.54) is 18.6 Å². The Morgan fingerprint density at radius 2 is 1.59 bits per heavy atom. The van der Waals surface area contributed by atoms with Crippen LogP contribution in [0.3, 0.4) is 0 Å². The smallest absolute Gasteiger partial charge is 0.423 e. The molecule has 0 spiro atoms. The zero-order valence-corrected chi connectivity index (χ0v) is 17.3. The number of rotatable bonds is 6. The number of alkyl halides is 3. The number of benzene rings is 2. The average molecular weight is 460 g/mol. The fourth-order valence-electron chi connectivity index (χ4n) is 4.11. The van der Waals surface area contributed by atoms with Crippen LogP contribution in [-0.2, 0) is 0 Å². The van der Waals surface area contributed by atoms with Gasteiger partial charge >= 0.3 is 12.3 Å². The van der Waals surface area contributed by atoms with Crippen LogP contribution >= 0.6 is 0 Å². The number of hydrogen-bond donors (Lipinski definition) is 0. The van der Waals surface area contributed by atoms with Crippen molar-refractivity contribution in [2.75, 3.05) is 0 Å². The average Bonchev–Trinajstić information content (AvgIpc) is 2.71. The highest BCUT2D eigenvalue weighted by Crippen LogP contribution is 2.38. The van der Waals surface area contributed by atoms with E-state index in [1.54, 1.807) is 6.07 Å². The third kappa shape index (κ3) is 5.95. The summed E-state index contributed by atoms with van der Waals surface area (Å²) in [4.78, 5) is 12.3. The molecule has 0 unspecified atom stereocenters. The minimum atomic E-state index is -5.31. The molecule has 0 heterocycles. The van der Waals surface area contributed by atoms with E-state index in [4.69, 9.17) is 4.74 Å². The Morgan fingerprint density at radius 1 is 0.969 bits per heavy atom. The van der Waals surface area contributed by atoms with Crippen molar-refractivity contribution in [3.8, 4) is 11.5 Å². The van der Waals surface area contributed by atoms with Crippen LogP contribution in [0, 0.1) is 23.4 Å². The van der Waals surface area contributed by atoms with Crippen molar-refractivity contribution in [2.45, 2.75) is 57.7 Å². The summed E-state index contributed by atoms with van der Waals surface area (Å²) < 4.78 is 86.8. The molecule has 0 bridgehead atoms. The molecule has 1 aliphatic rings. The number of halogens is 6. The molecule has 0 saturated heterocycles. The molecule has 3 nitrogen and oxygen atoms in total. The van der Waals surface area contributed by atoms with E-state index in [9.17, 15) is 31.1 Å². The van der Waals surface area contributed by atoms with E-state index in [1.807, 2.05) is 0 Å². The molecule has 0 aromatic heterocycles. The largest absolute Gasteiger partial charge is 0.573 e. The Hall–Kier alpha value is -2.71. The molecule has 9 heteroatoms. The van der Waals surface area contributed by atoms with Crippen LogP contribution < -0.4 is 9.47 Å². The first-order valence-electron chi connectivity index (χ1n) is 10.3. The molecule has 0 N–H and O–H groups in total. The molecule has 0 atom stereocenters. The van der Waals surface area contributed by atoms with Gasteiger partial charge in [-0.2, -0.15) is 0 Å². The van der Waals surface area contributed by atoms with Gasteiger partial charge in [-0.15, -0.1) is 13.2 Å². The third-order valence-corrected chi connectivity index (χ3v) is 5.63. The summed E-state index contributed by atoms with van der Waals surface area (Å²) in [6, 6.07) is 4.81. The van der Waals surface area contributed by atoms with Crippen molar-refractivity contribution in [1.29, 1.82) is 0 Å². The van der Waals surface area contributed by atoms with Crippen LogP contribution in [0.5, 0.6) is 11.5 Å². The fourth-order valence-corrected chi connectivity index (χ4v) is 4.11. The van der Waals surface area contributed by atoms with Crippen molar-refractivity contribution >= 4 is 5.97 Å². The van der Waals surface area contributed by atoms with Crippen molar-refractivity contribution < 1.29 is 40.6 Å². The molecule has 2 aromatic rings. The van der Waals surface area contributed by atoms with Crippen LogP contribution in [0.25, 0.3) is 0 Å². The Kier molecular flexibility index (Phi) is 7.36. The van der Waals surface area contributed by atoms with Crippen molar-refractivity contribution in [1.82, 2.24) is 0 Å². The SMILES string of the molecule is CCCC1CCC(c2ccc(C(=O)Oc3cc(F)c(OC(F)(F)F)c(F)c3)c(F)c2)CC1. The van der Waals surface area contributed by atoms with Crippen LogP contribution in [0.1, 0.15) is 67.3 Å². The zero-order valence-electron chi connectivity index (χ0n) is 17.3. The number of esters is 1. The summed E-state index contributed by atoms with van der Waals surface area (Å²) in [6.07, 6.45) is 0.991. The minimum Gasteiger partial charge on any atom is -0.423 e. The molecule has 174 valence electrons. The normalized spacial score (nSPS) is 19.0. The maximum atomic E-state index is 14.6. The summed E-state index contributed by atoms with van der Waals surface area (Å²) >= 11 is 0. The second-order valence-corrected chi connectivity index (χ2v) is 7.90. The number of carbonyl (C=O) groups excluding carboxylic acids is 1. The molecular formula is C23H22F6O3. The second kappa shape index (κ2) is 9.83. The van der Waals surface area contributed by atoms with Crippen molar-refractivity contribution in [3.05, 3.63) is 58.9 Å². The van der Waals surface area contributed by atoms with Gasteiger partial charge in [0, 0.05) is 12.1 Å². The molecule has 0 radical (unpaired) electrons. The lowest BCUT2D eigenvalue weighted by molar-refractivity contribution is -0.276. The summed E-state index contributed by atoms with van der Waals surface area (Å²) in [5, 5.41) is 0. The van der Waals surface area contributed by atoms with Crippen molar-refractivity contribution in [3.63, 3.8) is 0 Å². The summed E-state index contributed by atoms with van der Waals surface area (Å²) in [5.41, 5.74) is 0.310. The van der Waals surface area contributed by atoms with Gasteiger partial charge in [-0.25, -0.2) is 18.0 Å². The summed E-state index contributed by atoms with van der Waals surface area (Å²) in [5.74, 6) is -7.06. The fraction of sp³-hybridized carbons (Fsp3) is 0.435. The minimum absolute atomic E-state index is 0.187. The zero-order chi connectivity index (χ0) is 23.5. The first-order valence-corrected chi connectivity index (χ1v) is 10.3. The lowest BCUT2D eigenvalue weighted by Crippen LogP contribution is -2.19. The third-order valence-electron chi connectivity index (χ3n) is 5.63. The molecule has 0 amide bonds. The quantitative estimate of drug-likeness (QED) is 0.258. The Labute approximate surface area is 181 Å². The summed E-state index contributed by atoms with van der Waals surface area (Å²) in [6.45, 7) is 2.15. The topological polar surface area (TPSA) is 35.5 Å². The van der Waals surface area contributed by atoms with Gasteiger partial charge in [0.2, 0.25) is 5.75 Å². The van der Waals surface area contributed by atoms with Crippen LogP contribution in [0.4, 0.5) is 26.3 Å². The van der Waals surface area contributed by atoms with Gasteiger partial charge in [0.25, 0.3) is 0 Å². The molecule has 0 aliphatic heterocycles. The van der Waals surface area contributed by atoms with E-state index in [2.05, 4.69) is 11.7 Å². The Bertz CT molecular complexity index is 942.